The van der Waals surface area contributed by atoms with Gasteiger partial charge in [-0.25, -0.2) is 0 Å². The zero-order chi connectivity index (χ0) is 12.7. The number of nitrogens with zero attached hydrogens (tertiary/aromatic N) is 1. The van der Waals surface area contributed by atoms with Gasteiger partial charge >= 0.3 is 0 Å². The van der Waals surface area contributed by atoms with Crippen LogP contribution in [0.2, 0.25) is 0 Å². The number of likely N-dealkylation sites (tertiary alicyclic amines) is 1. The zero-order valence-electron chi connectivity index (χ0n) is 11.4. The van der Waals surface area contributed by atoms with Gasteiger partial charge in [0.15, 0.2) is 0 Å². The molecule has 17 heavy (non-hydrogen) atoms. The molecule has 2 unspecified atom stereocenters. The molecule has 1 aliphatic rings. The van der Waals surface area contributed by atoms with Crippen LogP contribution in [0.1, 0.15) is 33.1 Å². The molecule has 1 amide bonds. The van der Waals surface area contributed by atoms with E-state index in [4.69, 9.17) is 4.74 Å². The third kappa shape index (κ3) is 5.04. The molecule has 1 saturated heterocycles. The lowest BCUT2D eigenvalue weighted by Gasteiger charge is -2.33. The van der Waals surface area contributed by atoms with Crippen LogP contribution in [0.15, 0.2) is 0 Å². The highest BCUT2D eigenvalue weighted by Crippen LogP contribution is 2.13. The van der Waals surface area contributed by atoms with Crippen molar-refractivity contribution in [3.8, 4) is 0 Å². The molecular weight excluding hydrogens is 216 g/mol. The summed E-state index contributed by atoms with van der Waals surface area (Å²) in [7, 11) is 1.68. The number of piperidine rings is 1. The number of nitrogens with one attached hydrogen (secondary N) is 1. The second-order valence-corrected chi connectivity index (χ2v) is 5.00. The molecule has 0 radical (unpaired) electrons. The van der Waals surface area contributed by atoms with Gasteiger partial charge in [-0.2, -0.15) is 0 Å². The number of ether oxygens (including phenoxy) is 1. The van der Waals surface area contributed by atoms with Gasteiger partial charge in [-0.3, -0.25) is 4.79 Å². The SMILES string of the molecule is CCNC1CCCN(C(=O)CC(C)COC)C1. The van der Waals surface area contributed by atoms with E-state index in [9.17, 15) is 4.79 Å². The third-order valence-corrected chi connectivity index (χ3v) is 3.24. The van der Waals surface area contributed by atoms with E-state index in [0.29, 0.717) is 25.0 Å². The molecule has 0 aliphatic carbocycles. The fourth-order valence-corrected chi connectivity index (χ4v) is 2.43. The lowest BCUT2D eigenvalue weighted by molar-refractivity contribution is -0.133. The van der Waals surface area contributed by atoms with Crippen LogP contribution in [0.5, 0.6) is 0 Å². The van der Waals surface area contributed by atoms with Gasteiger partial charge in [0.2, 0.25) is 5.91 Å². The zero-order valence-corrected chi connectivity index (χ0v) is 11.4. The van der Waals surface area contributed by atoms with E-state index >= 15 is 0 Å². The quantitative estimate of drug-likeness (QED) is 0.762. The van der Waals surface area contributed by atoms with Crippen LogP contribution in [0.25, 0.3) is 0 Å². The number of amides is 1. The molecule has 0 aromatic rings. The van der Waals surface area contributed by atoms with Crippen molar-refractivity contribution in [2.45, 2.75) is 39.2 Å². The van der Waals surface area contributed by atoms with Crippen LogP contribution < -0.4 is 5.32 Å². The molecule has 0 spiro atoms. The monoisotopic (exact) mass is 242 g/mol. The second-order valence-electron chi connectivity index (χ2n) is 5.00. The molecule has 0 aromatic heterocycles. The van der Waals surface area contributed by atoms with Crippen LogP contribution in [0.3, 0.4) is 0 Å². The second kappa shape index (κ2) is 7.67. The fourth-order valence-electron chi connectivity index (χ4n) is 2.43. The Labute approximate surface area is 105 Å². The summed E-state index contributed by atoms with van der Waals surface area (Å²) in [6.07, 6.45) is 2.90. The Hall–Kier alpha value is -0.610. The summed E-state index contributed by atoms with van der Waals surface area (Å²) in [4.78, 5) is 14.1. The summed E-state index contributed by atoms with van der Waals surface area (Å²) in [5, 5.41) is 3.43. The molecule has 1 aliphatic heterocycles. The van der Waals surface area contributed by atoms with Crippen molar-refractivity contribution < 1.29 is 9.53 Å². The molecule has 0 bridgehead atoms. The van der Waals surface area contributed by atoms with Gasteiger partial charge in [-0.05, 0) is 25.3 Å². The van der Waals surface area contributed by atoms with Crippen LogP contribution in [-0.4, -0.2) is 50.2 Å². The Kier molecular flexibility index (Phi) is 6.52. The maximum absolute atomic E-state index is 12.1. The highest BCUT2D eigenvalue weighted by molar-refractivity contribution is 5.76. The molecular formula is C13H26N2O2. The number of carbonyl (C=O) groups excluding carboxylic acids is 1. The van der Waals surface area contributed by atoms with Crippen molar-refractivity contribution in [3.05, 3.63) is 0 Å². The minimum Gasteiger partial charge on any atom is -0.384 e. The van der Waals surface area contributed by atoms with Crippen molar-refractivity contribution in [3.63, 3.8) is 0 Å². The highest BCUT2D eigenvalue weighted by Gasteiger charge is 2.23. The van der Waals surface area contributed by atoms with Crippen LogP contribution >= 0.6 is 0 Å². The van der Waals surface area contributed by atoms with Gasteiger partial charge in [0.05, 0.1) is 0 Å². The molecule has 1 heterocycles. The number of hydrogen-bond donors (Lipinski definition) is 1. The summed E-state index contributed by atoms with van der Waals surface area (Å²) in [6, 6.07) is 0.482. The molecule has 2 atom stereocenters. The first kappa shape index (κ1) is 14.5. The van der Waals surface area contributed by atoms with E-state index in [1.807, 2.05) is 4.90 Å². The first-order chi connectivity index (χ1) is 8.17. The van der Waals surface area contributed by atoms with Gasteiger partial charge in [0.25, 0.3) is 0 Å². The molecule has 0 saturated carbocycles. The summed E-state index contributed by atoms with van der Waals surface area (Å²) < 4.78 is 5.07. The standard InChI is InChI=1S/C13H26N2O2/c1-4-14-12-6-5-7-15(9-12)13(16)8-11(2)10-17-3/h11-12,14H,4-10H2,1-3H3. The molecule has 4 heteroatoms. The van der Waals surface area contributed by atoms with Crippen molar-refractivity contribution in [1.82, 2.24) is 10.2 Å². The predicted octanol–water partition coefficient (Wildman–Crippen LogP) is 1.26. The van der Waals surface area contributed by atoms with Gasteiger partial charge in [0.1, 0.15) is 0 Å². The third-order valence-electron chi connectivity index (χ3n) is 3.24. The van der Waals surface area contributed by atoms with Crippen molar-refractivity contribution in [2.24, 2.45) is 5.92 Å². The van der Waals surface area contributed by atoms with Crippen molar-refractivity contribution in [2.75, 3.05) is 33.4 Å². The Morgan fingerprint density at radius 2 is 2.35 bits per heavy atom. The van der Waals surface area contributed by atoms with Gasteiger partial charge in [-0.1, -0.05) is 13.8 Å². The van der Waals surface area contributed by atoms with E-state index in [2.05, 4.69) is 19.2 Å². The maximum Gasteiger partial charge on any atom is 0.222 e. The largest absolute Gasteiger partial charge is 0.384 e. The van der Waals surface area contributed by atoms with Crippen molar-refractivity contribution in [1.29, 1.82) is 0 Å². The molecule has 0 aromatic carbocycles. The first-order valence-electron chi connectivity index (χ1n) is 6.67. The lowest BCUT2D eigenvalue weighted by Crippen LogP contribution is -2.48. The van der Waals surface area contributed by atoms with E-state index in [0.717, 1.165) is 26.1 Å². The van der Waals surface area contributed by atoms with Gasteiger partial charge in [-0.15, -0.1) is 0 Å². The van der Waals surface area contributed by atoms with Crippen LogP contribution in [-0.2, 0) is 9.53 Å². The molecule has 1 rings (SSSR count). The fraction of sp³-hybridized carbons (Fsp3) is 0.923. The maximum atomic E-state index is 12.1. The van der Waals surface area contributed by atoms with E-state index in [-0.39, 0.29) is 5.91 Å². The first-order valence-corrected chi connectivity index (χ1v) is 6.67. The van der Waals surface area contributed by atoms with Gasteiger partial charge < -0.3 is 15.0 Å². The predicted molar refractivity (Wildman–Crippen MR) is 68.9 cm³/mol. The number of likely N-dealkylation sites (N-methyl/N-ethyl adjacent to an activating group) is 1. The minimum atomic E-state index is 0.275. The average molecular weight is 242 g/mol. The summed E-state index contributed by atoms with van der Waals surface area (Å²) in [5.41, 5.74) is 0. The summed E-state index contributed by atoms with van der Waals surface area (Å²) >= 11 is 0. The number of methoxy groups -OCH3 is 1. The van der Waals surface area contributed by atoms with E-state index in [1.165, 1.54) is 6.42 Å². The minimum absolute atomic E-state index is 0.275. The number of rotatable bonds is 6. The Morgan fingerprint density at radius 3 is 3.00 bits per heavy atom. The normalized spacial score (nSPS) is 22.5. The van der Waals surface area contributed by atoms with Crippen molar-refractivity contribution >= 4 is 5.91 Å². The highest BCUT2D eigenvalue weighted by atomic mass is 16.5. The molecule has 1 fully saturated rings. The Balaban J connectivity index is 2.35. The molecule has 4 nitrogen and oxygen atoms in total. The van der Waals surface area contributed by atoms with E-state index < -0.39 is 0 Å². The molecule has 1 N–H and O–H groups in total. The smallest absolute Gasteiger partial charge is 0.222 e. The van der Waals surface area contributed by atoms with Crippen LogP contribution in [0, 0.1) is 5.92 Å². The topological polar surface area (TPSA) is 41.6 Å². The Bertz CT molecular complexity index is 231. The van der Waals surface area contributed by atoms with E-state index in [1.54, 1.807) is 7.11 Å². The Morgan fingerprint density at radius 1 is 1.59 bits per heavy atom. The number of hydrogen-bond acceptors (Lipinski definition) is 3. The summed E-state index contributed by atoms with van der Waals surface area (Å²) in [5.74, 6) is 0.587. The average Bonchev–Trinajstić information content (AvgIpc) is 2.30. The summed E-state index contributed by atoms with van der Waals surface area (Å²) in [6.45, 7) is 7.60. The number of carbonyl (C=O) groups is 1. The molecule has 100 valence electrons. The lowest BCUT2D eigenvalue weighted by atomic mass is 10.0. The van der Waals surface area contributed by atoms with Gasteiger partial charge in [0, 0.05) is 39.3 Å². The van der Waals surface area contributed by atoms with Crippen LogP contribution in [0.4, 0.5) is 0 Å².